The van der Waals surface area contributed by atoms with Gasteiger partial charge in [-0.25, -0.2) is 0 Å². The lowest BCUT2D eigenvalue weighted by atomic mass is 10.1. The van der Waals surface area contributed by atoms with Crippen molar-refractivity contribution in [1.29, 1.82) is 0 Å². The summed E-state index contributed by atoms with van der Waals surface area (Å²) in [5, 5.41) is 12.5. The van der Waals surface area contributed by atoms with Crippen molar-refractivity contribution in [3.8, 4) is 0 Å². The predicted molar refractivity (Wildman–Crippen MR) is 75.8 cm³/mol. The fraction of sp³-hybridized carbons (Fsp3) is 0.933. The summed E-state index contributed by atoms with van der Waals surface area (Å²) in [6.45, 7) is 7.46. The van der Waals surface area contributed by atoms with Crippen LogP contribution in [0.3, 0.4) is 0 Å². The molecule has 1 aliphatic rings. The van der Waals surface area contributed by atoms with Gasteiger partial charge < -0.3 is 15.2 Å². The van der Waals surface area contributed by atoms with Gasteiger partial charge in [-0.3, -0.25) is 4.79 Å². The predicted octanol–water partition coefficient (Wildman–Crippen LogP) is 2.10. The van der Waals surface area contributed by atoms with Crippen LogP contribution in [0.25, 0.3) is 0 Å². The average molecular weight is 271 g/mol. The number of hydrogen-bond donors (Lipinski definition) is 2. The van der Waals surface area contributed by atoms with Crippen molar-refractivity contribution < 1.29 is 14.6 Å². The van der Waals surface area contributed by atoms with Crippen molar-refractivity contribution in [2.45, 2.75) is 65.1 Å². The molecule has 1 rings (SSSR count). The van der Waals surface area contributed by atoms with Gasteiger partial charge in [0, 0.05) is 18.9 Å². The highest BCUT2D eigenvalue weighted by Gasteiger charge is 2.25. The summed E-state index contributed by atoms with van der Waals surface area (Å²) in [5.41, 5.74) is 0. The molecule has 0 aromatic rings. The zero-order chi connectivity index (χ0) is 14.3. The molecule has 19 heavy (non-hydrogen) atoms. The third kappa shape index (κ3) is 6.92. The Labute approximate surface area is 116 Å². The number of aliphatic hydroxyl groups is 1. The van der Waals surface area contributed by atoms with Crippen molar-refractivity contribution >= 4 is 5.91 Å². The first-order valence-electron chi connectivity index (χ1n) is 7.55. The first-order chi connectivity index (χ1) is 8.99. The van der Waals surface area contributed by atoms with Crippen LogP contribution in [-0.2, 0) is 9.53 Å². The van der Waals surface area contributed by atoms with Crippen molar-refractivity contribution in [1.82, 2.24) is 5.32 Å². The highest BCUT2D eigenvalue weighted by molar-refractivity contribution is 5.75. The zero-order valence-electron chi connectivity index (χ0n) is 12.5. The molecule has 0 spiro atoms. The Bertz CT molecular complexity index is 268. The maximum Gasteiger partial charge on any atom is 0.222 e. The van der Waals surface area contributed by atoms with E-state index in [0.29, 0.717) is 25.5 Å². The molecular weight excluding hydrogens is 242 g/mol. The van der Waals surface area contributed by atoms with Crippen LogP contribution in [0.2, 0.25) is 0 Å². The molecule has 1 saturated carbocycles. The molecule has 1 amide bonds. The standard InChI is InChI=1S/C15H29NO3/c1-11(2)9-12(3)19-8-7-15(18)16-10-13-5-4-6-14(13)17/h11-14,17H,4-10H2,1-3H3,(H,16,18). The van der Waals surface area contributed by atoms with Crippen LogP contribution >= 0.6 is 0 Å². The molecule has 3 unspecified atom stereocenters. The number of hydrogen-bond acceptors (Lipinski definition) is 3. The van der Waals surface area contributed by atoms with Gasteiger partial charge in [0.1, 0.15) is 0 Å². The van der Waals surface area contributed by atoms with Gasteiger partial charge in [-0.15, -0.1) is 0 Å². The van der Waals surface area contributed by atoms with Crippen molar-refractivity contribution in [2.75, 3.05) is 13.2 Å². The topological polar surface area (TPSA) is 58.6 Å². The van der Waals surface area contributed by atoms with Crippen molar-refractivity contribution in [3.05, 3.63) is 0 Å². The van der Waals surface area contributed by atoms with Gasteiger partial charge in [0.25, 0.3) is 0 Å². The van der Waals surface area contributed by atoms with E-state index in [1.807, 2.05) is 6.92 Å². The molecule has 0 bridgehead atoms. The number of aliphatic hydroxyl groups excluding tert-OH is 1. The summed E-state index contributed by atoms with van der Waals surface area (Å²) in [4.78, 5) is 11.6. The molecule has 4 heteroatoms. The largest absolute Gasteiger partial charge is 0.393 e. The lowest BCUT2D eigenvalue weighted by Crippen LogP contribution is -2.33. The highest BCUT2D eigenvalue weighted by atomic mass is 16.5. The van der Waals surface area contributed by atoms with Crippen LogP contribution in [0.5, 0.6) is 0 Å². The second kappa shape index (κ2) is 8.54. The van der Waals surface area contributed by atoms with E-state index in [9.17, 15) is 9.90 Å². The summed E-state index contributed by atoms with van der Waals surface area (Å²) in [7, 11) is 0. The summed E-state index contributed by atoms with van der Waals surface area (Å²) >= 11 is 0. The highest BCUT2D eigenvalue weighted by Crippen LogP contribution is 2.24. The molecule has 0 radical (unpaired) electrons. The molecule has 0 aromatic carbocycles. The number of amides is 1. The Morgan fingerprint density at radius 2 is 2.11 bits per heavy atom. The first kappa shape index (κ1) is 16.4. The summed E-state index contributed by atoms with van der Waals surface area (Å²) in [5.74, 6) is 0.883. The van der Waals surface area contributed by atoms with Crippen LogP contribution in [0, 0.1) is 11.8 Å². The van der Waals surface area contributed by atoms with Gasteiger partial charge in [-0.1, -0.05) is 20.3 Å². The van der Waals surface area contributed by atoms with E-state index in [2.05, 4.69) is 19.2 Å². The Kier molecular flexibility index (Phi) is 7.39. The van der Waals surface area contributed by atoms with Gasteiger partial charge in [-0.2, -0.15) is 0 Å². The van der Waals surface area contributed by atoms with Gasteiger partial charge >= 0.3 is 0 Å². The lowest BCUT2D eigenvalue weighted by molar-refractivity contribution is -0.122. The Hall–Kier alpha value is -0.610. The maximum absolute atomic E-state index is 11.6. The minimum absolute atomic E-state index is 0.0239. The lowest BCUT2D eigenvalue weighted by Gasteiger charge is -2.16. The van der Waals surface area contributed by atoms with E-state index in [1.165, 1.54) is 0 Å². The Morgan fingerprint density at radius 1 is 1.37 bits per heavy atom. The summed E-state index contributed by atoms with van der Waals surface area (Å²) in [6.07, 6.45) is 4.37. The van der Waals surface area contributed by atoms with Crippen LogP contribution in [-0.4, -0.2) is 36.4 Å². The second-order valence-electron chi connectivity index (χ2n) is 6.12. The van der Waals surface area contributed by atoms with E-state index < -0.39 is 0 Å². The monoisotopic (exact) mass is 271 g/mol. The third-order valence-electron chi connectivity index (χ3n) is 3.72. The SMILES string of the molecule is CC(C)CC(C)OCCC(=O)NCC1CCCC1O. The van der Waals surface area contributed by atoms with Crippen LogP contribution < -0.4 is 5.32 Å². The number of carbonyl (C=O) groups excluding carboxylic acids is 1. The number of carbonyl (C=O) groups is 1. The fourth-order valence-electron chi connectivity index (χ4n) is 2.67. The average Bonchev–Trinajstić information content (AvgIpc) is 2.71. The normalized spacial score (nSPS) is 24.7. The summed E-state index contributed by atoms with van der Waals surface area (Å²) < 4.78 is 5.61. The molecule has 3 atom stereocenters. The zero-order valence-corrected chi connectivity index (χ0v) is 12.5. The molecule has 0 saturated heterocycles. The molecule has 4 nitrogen and oxygen atoms in total. The molecule has 1 aliphatic carbocycles. The fourth-order valence-corrected chi connectivity index (χ4v) is 2.67. The van der Waals surface area contributed by atoms with Crippen LogP contribution in [0.15, 0.2) is 0 Å². The van der Waals surface area contributed by atoms with Crippen LogP contribution in [0.1, 0.15) is 52.9 Å². The van der Waals surface area contributed by atoms with E-state index in [0.717, 1.165) is 25.7 Å². The second-order valence-corrected chi connectivity index (χ2v) is 6.12. The van der Waals surface area contributed by atoms with Gasteiger partial charge in [-0.05, 0) is 32.1 Å². The van der Waals surface area contributed by atoms with E-state index in [4.69, 9.17) is 4.74 Å². The minimum Gasteiger partial charge on any atom is -0.393 e. The molecule has 0 aliphatic heterocycles. The van der Waals surface area contributed by atoms with Crippen LogP contribution in [0.4, 0.5) is 0 Å². The van der Waals surface area contributed by atoms with Gasteiger partial charge in [0.05, 0.1) is 18.8 Å². The van der Waals surface area contributed by atoms with E-state index in [1.54, 1.807) is 0 Å². The molecule has 2 N–H and O–H groups in total. The molecule has 112 valence electrons. The maximum atomic E-state index is 11.6. The van der Waals surface area contributed by atoms with E-state index in [-0.39, 0.29) is 24.0 Å². The summed E-state index contributed by atoms with van der Waals surface area (Å²) in [6, 6.07) is 0. The number of rotatable bonds is 8. The molecular formula is C15H29NO3. The number of ether oxygens (including phenoxy) is 1. The van der Waals surface area contributed by atoms with E-state index >= 15 is 0 Å². The quantitative estimate of drug-likeness (QED) is 0.711. The van der Waals surface area contributed by atoms with Crippen molar-refractivity contribution in [2.24, 2.45) is 11.8 Å². The number of nitrogens with one attached hydrogen (secondary N) is 1. The first-order valence-corrected chi connectivity index (χ1v) is 7.55. The Morgan fingerprint density at radius 3 is 2.68 bits per heavy atom. The van der Waals surface area contributed by atoms with Crippen molar-refractivity contribution in [3.63, 3.8) is 0 Å². The van der Waals surface area contributed by atoms with Gasteiger partial charge in [0.15, 0.2) is 0 Å². The molecule has 1 fully saturated rings. The third-order valence-corrected chi connectivity index (χ3v) is 3.72. The molecule has 0 heterocycles. The minimum atomic E-state index is -0.234. The smallest absolute Gasteiger partial charge is 0.222 e. The van der Waals surface area contributed by atoms with Gasteiger partial charge in [0.2, 0.25) is 5.91 Å². The Balaban J connectivity index is 2.04. The molecule has 0 aromatic heterocycles.